The molecule has 0 radical (unpaired) electrons. The first kappa shape index (κ1) is 13.4. The van der Waals surface area contributed by atoms with Crippen LogP contribution >= 0.6 is 0 Å². The van der Waals surface area contributed by atoms with E-state index in [0.29, 0.717) is 36.6 Å². The highest BCUT2D eigenvalue weighted by Gasteiger charge is 2.31. The van der Waals surface area contributed by atoms with Gasteiger partial charge in [-0.05, 0) is 20.4 Å². The molecule has 1 saturated heterocycles. The molecule has 1 aliphatic carbocycles. The highest BCUT2D eigenvalue weighted by molar-refractivity contribution is 6.03. The molecule has 5 nitrogen and oxygen atoms in total. The molecular formula is C15H20N2O3. The average molecular weight is 276 g/mol. The van der Waals surface area contributed by atoms with Crippen LogP contribution in [0.2, 0.25) is 0 Å². The van der Waals surface area contributed by atoms with Crippen LogP contribution in [0.3, 0.4) is 0 Å². The van der Waals surface area contributed by atoms with Gasteiger partial charge in [-0.3, -0.25) is 9.59 Å². The number of nitrogens with zero attached hydrogens (tertiary/aromatic N) is 2. The number of likely N-dealkylation sites (N-methyl/N-ethyl adjacent to an activating group) is 1. The van der Waals surface area contributed by atoms with Crippen molar-refractivity contribution in [3.8, 4) is 0 Å². The Kier molecular flexibility index (Phi) is 3.38. The SMILES string of the molecule is Cc1c(C(=O)N2CCN(C)CC2)oc2c1C(=O)CCC2. The largest absolute Gasteiger partial charge is 0.455 e. The molecule has 0 spiro atoms. The summed E-state index contributed by atoms with van der Waals surface area (Å²) in [5, 5.41) is 0. The highest BCUT2D eigenvalue weighted by atomic mass is 16.4. The molecule has 1 fully saturated rings. The van der Waals surface area contributed by atoms with E-state index in [2.05, 4.69) is 11.9 Å². The summed E-state index contributed by atoms with van der Waals surface area (Å²) in [5.74, 6) is 1.12. The predicted molar refractivity (Wildman–Crippen MR) is 74.1 cm³/mol. The molecule has 108 valence electrons. The van der Waals surface area contributed by atoms with E-state index in [0.717, 1.165) is 31.5 Å². The van der Waals surface area contributed by atoms with Crippen LogP contribution in [0.15, 0.2) is 4.42 Å². The van der Waals surface area contributed by atoms with Crippen LogP contribution in [0.25, 0.3) is 0 Å². The summed E-state index contributed by atoms with van der Waals surface area (Å²) in [6.07, 6.45) is 2.15. The second-order valence-electron chi connectivity index (χ2n) is 5.73. The fraction of sp³-hybridized carbons (Fsp3) is 0.600. The van der Waals surface area contributed by atoms with E-state index in [1.807, 2.05) is 11.8 Å². The van der Waals surface area contributed by atoms with E-state index in [9.17, 15) is 9.59 Å². The molecule has 2 aliphatic rings. The maximum atomic E-state index is 12.6. The van der Waals surface area contributed by atoms with Crippen LogP contribution in [0, 0.1) is 6.92 Å². The number of hydrogen-bond acceptors (Lipinski definition) is 4. The number of amides is 1. The molecule has 1 aromatic rings. The Morgan fingerprint density at radius 2 is 1.85 bits per heavy atom. The van der Waals surface area contributed by atoms with Crippen molar-refractivity contribution < 1.29 is 14.0 Å². The lowest BCUT2D eigenvalue weighted by Gasteiger charge is -2.31. The van der Waals surface area contributed by atoms with Gasteiger partial charge in [0.05, 0.1) is 5.56 Å². The summed E-state index contributed by atoms with van der Waals surface area (Å²) >= 11 is 0. The smallest absolute Gasteiger partial charge is 0.289 e. The zero-order chi connectivity index (χ0) is 14.3. The van der Waals surface area contributed by atoms with Crippen molar-refractivity contribution in [2.75, 3.05) is 33.2 Å². The van der Waals surface area contributed by atoms with Gasteiger partial charge in [-0.1, -0.05) is 0 Å². The van der Waals surface area contributed by atoms with Gasteiger partial charge in [-0.15, -0.1) is 0 Å². The Morgan fingerprint density at radius 3 is 2.50 bits per heavy atom. The number of carbonyl (C=O) groups is 2. The van der Waals surface area contributed by atoms with Crippen molar-refractivity contribution >= 4 is 11.7 Å². The summed E-state index contributed by atoms with van der Waals surface area (Å²) in [6.45, 7) is 5.02. The highest BCUT2D eigenvalue weighted by Crippen LogP contribution is 2.30. The Bertz CT molecular complexity index is 554. The number of rotatable bonds is 1. The minimum absolute atomic E-state index is 0.0715. The first-order chi connectivity index (χ1) is 9.58. The molecule has 5 heteroatoms. The van der Waals surface area contributed by atoms with Crippen molar-refractivity contribution in [3.63, 3.8) is 0 Å². The molecular weight excluding hydrogens is 256 g/mol. The normalized spacial score (nSPS) is 20.1. The zero-order valence-electron chi connectivity index (χ0n) is 12.1. The summed E-state index contributed by atoms with van der Waals surface area (Å²) in [5.41, 5.74) is 1.39. The van der Waals surface area contributed by atoms with Crippen molar-refractivity contribution in [1.82, 2.24) is 9.80 Å². The number of hydrogen-bond donors (Lipinski definition) is 0. The molecule has 20 heavy (non-hydrogen) atoms. The summed E-state index contributed by atoms with van der Waals surface area (Å²) < 4.78 is 5.72. The minimum Gasteiger partial charge on any atom is -0.455 e. The molecule has 0 N–H and O–H groups in total. The Hall–Kier alpha value is -1.62. The molecule has 1 amide bonds. The number of Topliss-reactive ketones (excluding diaryl/α,β-unsaturated/α-hetero) is 1. The number of piperazine rings is 1. The maximum absolute atomic E-state index is 12.6. The molecule has 0 unspecified atom stereocenters. The third kappa shape index (κ3) is 2.16. The standard InChI is InChI=1S/C15H20N2O3/c1-10-13-11(18)4-3-5-12(13)20-14(10)15(19)17-8-6-16(2)7-9-17/h3-9H2,1-2H3. The average Bonchev–Trinajstić information content (AvgIpc) is 2.77. The van der Waals surface area contributed by atoms with E-state index in [1.54, 1.807) is 0 Å². The lowest BCUT2D eigenvalue weighted by molar-refractivity contribution is 0.0629. The number of aryl methyl sites for hydroxylation is 1. The van der Waals surface area contributed by atoms with Gasteiger partial charge < -0.3 is 14.2 Å². The number of carbonyl (C=O) groups excluding carboxylic acids is 2. The van der Waals surface area contributed by atoms with E-state index in [-0.39, 0.29) is 11.7 Å². The quantitative estimate of drug-likeness (QED) is 0.780. The van der Waals surface area contributed by atoms with Crippen molar-refractivity contribution in [1.29, 1.82) is 0 Å². The monoisotopic (exact) mass is 276 g/mol. The number of fused-ring (bicyclic) bond motifs is 1. The lowest BCUT2D eigenvalue weighted by atomic mass is 9.94. The van der Waals surface area contributed by atoms with E-state index >= 15 is 0 Å². The van der Waals surface area contributed by atoms with Crippen LogP contribution < -0.4 is 0 Å². The van der Waals surface area contributed by atoms with Crippen molar-refractivity contribution in [2.45, 2.75) is 26.2 Å². The van der Waals surface area contributed by atoms with Gasteiger partial charge in [0.15, 0.2) is 11.5 Å². The summed E-state index contributed by atoms with van der Waals surface area (Å²) in [4.78, 5) is 28.5. The summed E-state index contributed by atoms with van der Waals surface area (Å²) in [7, 11) is 2.05. The topological polar surface area (TPSA) is 53.8 Å². The second kappa shape index (κ2) is 5.05. The first-order valence-corrected chi connectivity index (χ1v) is 7.21. The van der Waals surface area contributed by atoms with Crippen LogP contribution in [0.1, 0.15) is 45.1 Å². The molecule has 0 bridgehead atoms. The minimum atomic E-state index is -0.0715. The fourth-order valence-electron chi connectivity index (χ4n) is 3.01. The molecule has 0 saturated carbocycles. The molecule has 3 rings (SSSR count). The van der Waals surface area contributed by atoms with Gasteiger partial charge >= 0.3 is 0 Å². The Balaban J connectivity index is 1.87. The van der Waals surface area contributed by atoms with Crippen LogP contribution in [-0.4, -0.2) is 54.7 Å². The molecule has 2 heterocycles. The molecule has 1 aliphatic heterocycles. The maximum Gasteiger partial charge on any atom is 0.289 e. The van der Waals surface area contributed by atoms with E-state index in [4.69, 9.17) is 4.42 Å². The molecule has 0 atom stereocenters. The fourth-order valence-corrected chi connectivity index (χ4v) is 3.01. The van der Waals surface area contributed by atoms with Crippen LogP contribution in [0.4, 0.5) is 0 Å². The van der Waals surface area contributed by atoms with Crippen LogP contribution in [-0.2, 0) is 6.42 Å². The zero-order valence-corrected chi connectivity index (χ0v) is 12.1. The van der Waals surface area contributed by atoms with Gasteiger partial charge in [0, 0.05) is 44.6 Å². The van der Waals surface area contributed by atoms with E-state index < -0.39 is 0 Å². The van der Waals surface area contributed by atoms with Gasteiger partial charge in [0.1, 0.15) is 5.76 Å². The van der Waals surface area contributed by atoms with E-state index in [1.165, 1.54) is 0 Å². The van der Waals surface area contributed by atoms with Crippen LogP contribution in [0.5, 0.6) is 0 Å². The van der Waals surface area contributed by atoms with Gasteiger partial charge in [-0.2, -0.15) is 0 Å². The Morgan fingerprint density at radius 1 is 1.15 bits per heavy atom. The number of ketones is 1. The van der Waals surface area contributed by atoms with Crippen molar-refractivity contribution in [3.05, 3.63) is 22.6 Å². The van der Waals surface area contributed by atoms with Gasteiger partial charge in [0.2, 0.25) is 0 Å². The molecule has 1 aromatic heterocycles. The number of furan rings is 1. The third-order valence-corrected chi connectivity index (χ3v) is 4.29. The van der Waals surface area contributed by atoms with Crippen molar-refractivity contribution in [2.24, 2.45) is 0 Å². The third-order valence-electron chi connectivity index (χ3n) is 4.29. The second-order valence-corrected chi connectivity index (χ2v) is 5.73. The Labute approximate surface area is 118 Å². The molecule has 0 aromatic carbocycles. The summed E-state index contributed by atoms with van der Waals surface area (Å²) in [6, 6.07) is 0. The van der Waals surface area contributed by atoms with Gasteiger partial charge in [-0.25, -0.2) is 0 Å². The van der Waals surface area contributed by atoms with Gasteiger partial charge in [0.25, 0.3) is 5.91 Å². The first-order valence-electron chi connectivity index (χ1n) is 7.21. The lowest BCUT2D eigenvalue weighted by Crippen LogP contribution is -2.47. The predicted octanol–water partition coefficient (Wildman–Crippen LogP) is 1.49.